The zero-order valence-corrected chi connectivity index (χ0v) is 11.6. The largest absolute Gasteiger partial charge is 0.370 e. The third-order valence-corrected chi connectivity index (χ3v) is 3.72. The molecule has 1 aliphatic heterocycles. The number of rotatable bonds is 6. The minimum Gasteiger partial charge on any atom is -0.370 e. The Hall–Kier alpha value is -1.02. The highest BCUT2D eigenvalue weighted by Crippen LogP contribution is 2.25. The van der Waals surface area contributed by atoms with Crippen LogP contribution in [0, 0.1) is 0 Å². The van der Waals surface area contributed by atoms with Crippen molar-refractivity contribution >= 4 is 5.69 Å². The van der Waals surface area contributed by atoms with Crippen molar-refractivity contribution in [3.8, 4) is 0 Å². The van der Waals surface area contributed by atoms with Gasteiger partial charge in [0.15, 0.2) is 0 Å². The SMILES string of the molecule is CCCCNCCN1CCCCc2ccccc21. The van der Waals surface area contributed by atoms with Gasteiger partial charge in [-0.05, 0) is 43.9 Å². The van der Waals surface area contributed by atoms with Gasteiger partial charge in [-0.1, -0.05) is 31.5 Å². The standard InChI is InChI=1S/C16H26N2/c1-2-3-11-17-12-14-18-13-7-6-9-15-8-4-5-10-16(15)18/h4-5,8,10,17H,2-3,6-7,9,11-14H2,1H3. The van der Waals surface area contributed by atoms with Crippen molar-refractivity contribution in [2.45, 2.75) is 39.0 Å². The fraction of sp³-hybridized carbons (Fsp3) is 0.625. The normalized spacial score (nSPS) is 15.3. The molecular formula is C16H26N2. The van der Waals surface area contributed by atoms with Crippen molar-refractivity contribution in [1.82, 2.24) is 5.32 Å². The Kier molecular flexibility index (Phi) is 5.53. The Morgan fingerprint density at radius 3 is 2.94 bits per heavy atom. The number of fused-ring (bicyclic) bond motifs is 1. The topological polar surface area (TPSA) is 15.3 Å². The van der Waals surface area contributed by atoms with Crippen LogP contribution in [0.1, 0.15) is 38.2 Å². The summed E-state index contributed by atoms with van der Waals surface area (Å²) in [6.45, 7) is 6.86. The van der Waals surface area contributed by atoms with E-state index in [1.165, 1.54) is 49.9 Å². The van der Waals surface area contributed by atoms with Gasteiger partial charge in [-0.2, -0.15) is 0 Å². The van der Waals surface area contributed by atoms with E-state index in [9.17, 15) is 0 Å². The van der Waals surface area contributed by atoms with Crippen LogP contribution in [0.25, 0.3) is 0 Å². The van der Waals surface area contributed by atoms with Crippen molar-refractivity contribution < 1.29 is 0 Å². The maximum atomic E-state index is 3.54. The number of para-hydroxylation sites is 1. The van der Waals surface area contributed by atoms with E-state index in [1.807, 2.05) is 0 Å². The van der Waals surface area contributed by atoms with Gasteiger partial charge in [0.05, 0.1) is 0 Å². The number of unbranched alkanes of at least 4 members (excludes halogenated alkanes) is 1. The van der Waals surface area contributed by atoms with Gasteiger partial charge in [0.25, 0.3) is 0 Å². The molecule has 1 aliphatic rings. The molecule has 0 aromatic heterocycles. The van der Waals surface area contributed by atoms with Crippen LogP contribution in [0.3, 0.4) is 0 Å². The lowest BCUT2D eigenvalue weighted by molar-refractivity contribution is 0.620. The van der Waals surface area contributed by atoms with Gasteiger partial charge in [-0.25, -0.2) is 0 Å². The fourth-order valence-corrected chi connectivity index (χ4v) is 2.64. The molecule has 0 amide bonds. The molecule has 0 unspecified atom stereocenters. The van der Waals surface area contributed by atoms with Gasteiger partial charge < -0.3 is 10.2 Å². The molecule has 0 aliphatic carbocycles. The summed E-state index contributed by atoms with van der Waals surface area (Å²) in [5, 5.41) is 3.54. The van der Waals surface area contributed by atoms with E-state index >= 15 is 0 Å². The van der Waals surface area contributed by atoms with Crippen molar-refractivity contribution in [1.29, 1.82) is 0 Å². The molecule has 0 bridgehead atoms. The molecule has 2 nitrogen and oxygen atoms in total. The molecule has 0 spiro atoms. The number of anilines is 1. The average Bonchev–Trinajstić information content (AvgIpc) is 2.61. The molecule has 0 atom stereocenters. The molecule has 1 aromatic rings. The summed E-state index contributed by atoms with van der Waals surface area (Å²) in [6.07, 6.45) is 6.46. The van der Waals surface area contributed by atoms with Crippen LogP contribution >= 0.6 is 0 Å². The van der Waals surface area contributed by atoms with Crippen LogP contribution in [0.2, 0.25) is 0 Å². The first-order chi connectivity index (χ1) is 8.92. The Morgan fingerprint density at radius 2 is 2.06 bits per heavy atom. The number of hydrogen-bond donors (Lipinski definition) is 1. The second-order valence-electron chi connectivity index (χ2n) is 5.18. The van der Waals surface area contributed by atoms with E-state index in [2.05, 4.69) is 41.4 Å². The number of nitrogens with one attached hydrogen (secondary N) is 1. The molecule has 100 valence electrons. The Balaban J connectivity index is 1.88. The first kappa shape index (κ1) is 13.4. The van der Waals surface area contributed by atoms with Crippen LogP contribution in [0.4, 0.5) is 5.69 Å². The van der Waals surface area contributed by atoms with E-state index in [1.54, 1.807) is 0 Å². The first-order valence-corrected chi connectivity index (χ1v) is 7.45. The average molecular weight is 246 g/mol. The van der Waals surface area contributed by atoms with Gasteiger partial charge in [-0.3, -0.25) is 0 Å². The summed E-state index contributed by atoms with van der Waals surface area (Å²) in [5.74, 6) is 0. The molecule has 1 aromatic carbocycles. The zero-order valence-electron chi connectivity index (χ0n) is 11.6. The second-order valence-corrected chi connectivity index (χ2v) is 5.18. The molecule has 1 N–H and O–H groups in total. The summed E-state index contributed by atoms with van der Waals surface area (Å²) in [7, 11) is 0. The summed E-state index contributed by atoms with van der Waals surface area (Å²) < 4.78 is 0. The predicted octanol–water partition coefficient (Wildman–Crippen LogP) is 3.22. The number of nitrogens with zero attached hydrogens (tertiary/aromatic N) is 1. The van der Waals surface area contributed by atoms with E-state index in [0.29, 0.717) is 0 Å². The van der Waals surface area contributed by atoms with Gasteiger partial charge in [0, 0.05) is 25.3 Å². The van der Waals surface area contributed by atoms with Crippen LogP contribution < -0.4 is 10.2 Å². The molecule has 1 heterocycles. The van der Waals surface area contributed by atoms with Gasteiger partial charge in [0.1, 0.15) is 0 Å². The van der Waals surface area contributed by atoms with E-state index < -0.39 is 0 Å². The van der Waals surface area contributed by atoms with E-state index in [4.69, 9.17) is 0 Å². The van der Waals surface area contributed by atoms with E-state index in [-0.39, 0.29) is 0 Å². The van der Waals surface area contributed by atoms with Crippen molar-refractivity contribution in [2.24, 2.45) is 0 Å². The summed E-state index contributed by atoms with van der Waals surface area (Å²) in [4.78, 5) is 2.56. The Labute approximate surface area is 111 Å². The van der Waals surface area contributed by atoms with Crippen LogP contribution in [-0.4, -0.2) is 26.2 Å². The molecule has 18 heavy (non-hydrogen) atoms. The van der Waals surface area contributed by atoms with E-state index in [0.717, 1.165) is 19.6 Å². The van der Waals surface area contributed by atoms with Crippen LogP contribution in [0.15, 0.2) is 24.3 Å². The predicted molar refractivity (Wildman–Crippen MR) is 79.4 cm³/mol. The molecule has 0 fully saturated rings. The van der Waals surface area contributed by atoms with Crippen molar-refractivity contribution in [3.63, 3.8) is 0 Å². The highest BCUT2D eigenvalue weighted by Gasteiger charge is 2.13. The minimum absolute atomic E-state index is 1.11. The van der Waals surface area contributed by atoms with Gasteiger partial charge in [-0.15, -0.1) is 0 Å². The lowest BCUT2D eigenvalue weighted by atomic mass is 10.1. The second kappa shape index (κ2) is 7.42. The lowest BCUT2D eigenvalue weighted by Gasteiger charge is -2.25. The lowest BCUT2D eigenvalue weighted by Crippen LogP contribution is -2.33. The molecule has 0 saturated heterocycles. The van der Waals surface area contributed by atoms with Gasteiger partial charge >= 0.3 is 0 Å². The van der Waals surface area contributed by atoms with Crippen LogP contribution in [0.5, 0.6) is 0 Å². The fourth-order valence-electron chi connectivity index (χ4n) is 2.64. The summed E-state index contributed by atoms with van der Waals surface area (Å²) in [5.41, 5.74) is 3.00. The number of hydrogen-bond acceptors (Lipinski definition) is 2. The third kappa shape index (κ3) is 3.74. The Bertz CT molecular complexity index is 349. The zero-order chi connectivity index (χ0) is 12.6. The summed E-state index contributed by atoms with van der Waals surface area (Å²) >= 11 is 0. The molecule has 2 heteroatoms. The molecule has 2 rings (SSSR count). The smallest absolute Gasteiger partial charge is 0.0399 e. The Morgan fingerprint density at radius 1 is 1.17 bits per heavy atom. The minimum atomic E-state index is 1.11. The highest BCUT2D eigenvalue weighted by molar-refractivity contribution is 5.54. The summed E-state index contributed by atoms with van der Waals surface area (Å²) in [6, 6.07) is 8.91. The monoisotopic (exact) mass is 246 g/mol. The first-order valence-electron chi connectivity index (χ1n) is 7.45. The van der Waals surface area contributed by atoms with Crippen LogP contribution in [-0.2, 0) is 6.42 Å². The molecule has 0 radical (unpaired) electrons. The highest BCUT2D eigenvalue weighted by atomic mass is 15.1. The third-order valence-electron chi connectivity index (χ3n) is 3.72. The maximum absolute atomic E-state index is 3.54. The quantitative estimate of drug-likeness (QED) is 0.775. The van der Waals surface area contributed by atoms with Crippen molar-refractivity contribution in [2.75, 3.05) is 31.1 Å². The van der Waals surface area contributed by atoms with Gasteiger partial charge in [0.2, 0.25) is 0 Å². The maximum Gasteiger partial charge on any atom is 0.0399 e. The van der Waals surface area contributed by atoms with Crippen molar-refractivity contribution in [3.05, 3.63) is 29.8 Å². The molecule has 0 saturated carbocycles. The number of aryl methyl sites for hydroxylation is 1. The number of benzene rings is 1. The molecular weight excluding hydrogens is 220 g/mol.